The predicted molar refractivity (Wildman–Crippen MR) is 39.9 cm³/mol. The second-order valence-electron chi connectivity index (χ2n) is 2.34. The zero-order valence-corrected chi connectivity index (χ0v) is 5.78. The van der Waals surface area contributed by atoms with Crippen molar-refractivity contribution in [3.05, 3.63) is 36.3 Å². The molecule has 0 aliphatic rings. The fourth-order valence-electron chi connectivity index (χ4n) is 1.01. The van der Waals surface area contributed by atoms with E-state index in [2.05, 4.69) is 4.98 Å². The van der Waals surface area contributed by atoms with Crippen molar-refractivity contribution >= 4 is 5.65 Å². The fraction of sp³-hybridized carbons (Fsp3) is 0.125. The maximum Gasteiger partial charge on any atom is 0.136 e. The molecule has 0 spiro atoms. The summed E-state index contributed by atoms with van der Waals surface area (Å²) in [7, 11) is 0. The molecule has 10 heavy (non-hydrogen) atoms. The molecule has 0 saturated heterocycles. The quantitative estimate of drug-likeness (QED) is 0.532. The van der Waals surface area contributed by atoms with Crippen molar-refractivity contribution in [1.82, 2.24) is 9.38 Å². The van der Waals surface area contributed by atoms with Crippen molar-refractivity contribution in [2.24, 2.45) is 0 Å². The van der Waals surface area contributed by atoms with Crippen LogP contribution in [0.4, 0.5) is 0 Å². The number of fused-ring (bicyclic) bond motifs is 1. The van der Waals surface area contributed by atoms with Gasteiger partial charge < -0.3 is 4.40 Å². The SMILES string of the molecule is Cc1ccn2cccc2n1. The first-order valence-corrected chi connectivity index (χ1v) is 3.26. The molecule has 0 aromatic carbocycles. The Morgan fingerprint density at radius 3 is 3.10 bits per heavy atom. The Bertz CT molecular complexity index is 349. The highest BCUT2D eigenvalue weighted by molar-refractivity contribution is 5.38. The van der Waals surface area contributed by atoms with E-state index in [1.165, 1.54) is 0 Å². The highest BCUT2D eigenvalue weighted by Gasteiger charge is 1.90. The summed E-state index contributed by atoms with van der Waals surface area (Å²) in [4.78, 5) is 4.30. The Kier molecular flexibility index (Phi) is 1.01. The van der Waals surface area contributed by atoms with Crippen LogP contribution in [0.3, 0.4) is 0 Å². The van der Waals surface area contributed by atoms with Gasteiger partial charge in [-0.05, 0) is 25.1 Å². The van der Waals surface area contributed by atoms with Gasteiger partial charge in [0.2, 0.25) is 0 Å². The summed E-state index contributed by atoms with van der Waals surface area (Å²) in [6, 6.07) is 5.97. The molecule has 0 aliphatic carbocycles. The molecular formula is C8H8N2. The van der Waals surface area contributed by atoms with E-state index in [4.69, 9.17) is 0 Å². The zero-order chi connectivity index (χ0) is 6.97. The summed E-state index contributed by atoms with van der Waals surface area (Å²) in [5.41, 5.74) is 2.08. The van der Waals surface area contributed by atoms with E-state index in [9.17, 15) is 0 Å². The second-order valence-corrected chi connectivity index (χ2v) is 2.34. The first-order chi connectivity index (χ1) is 4.86. The molecule has 2 aromatic heterocycles. The molecule has 0 radical (unpaired) electrons. The number of hydrogen-bond donors (Lipinski definition) is 0. The van der Waals surface area contributed by atoms with Crippen molar-refractivity contribution in [2.45, 2.75) is 6.92 Å². The Balaban J connectivity index is 2.86. The van der Waals surface area contributed by atoms with Crippen molar-refractivity contribution in [2.75, 3.05) is 0 Å². The molecule has 0 bridgehead atoms. The molecule has 0 N–H and O–H groups in total. The van der Waals surface area contributed by atoms with Gasteiger partial charge in [-0.1, -0.05) is 0 Å². The van der Waals surface area contributed by atoms with Crippen molar-refractivity contribution in [3.8, 4) is 0 Å². The molecule has 0 amide bonds. The third-order valence-corrected chi connectivity index (χ3v) is 1.52. The highest BCUT2D eigenvalue weighted by atomic mass is 15.0. The van der Waals surface area contributed by atoms with E-state index in [-0.39, 0.29) is 0 Å². The largest absolute Gasteiger partial charge is 0.309 e. The Morgan fingerprint density at radius 1 is 1.30 bits per heavy atom. The van der Waals surface area contributed by atoms with Gasteiger partial charge in [0.1, 0.15) is 5.65 Å². The maximum atomic E-state index is 4.30. The summed E-state index contributed by atoms with van der Waals surface area (Å²) in [6.07, 6.45) is 4.00. The van der Waals surface area contributed by atoms with E-state index < -0.39 is 0 Å². The van der Waals surface area contributed by atoms with Gasteiger partial charge in [-0.2, -0.15) is 0 Å². The number of hydrogen-bond acceptors (Lipinski definition) is 1. The minimum Gasteiger partial charge on any atom is -0.309 e. The molecule has 50 valence electrons. The summed E-state index contributed by atoms with van der Waals surface area (Å²) in [5.74, 6) is 0. The lowest BCUT2D eigenvalue weighted by molar-refractivity contribution is 1.09. The molecule has 2 heterocycles. The van der Waals surface area contributed by atoms with Gasteiger partial charge in [0.05, 0.1) is 0 Å². The molecule has 2 rings (SSSR count). The summed E-state index contributed by atoms with van der Waals surface area (Å²) in [5, 5.41) is 0. The van der Waals surface area contributed by atoms with Crippen LogP contribution in [-0.4, -0.2) is 9.38 Å². The molecule has 0 aliphatic heterocycles. The van der Waals surface area contributed by atoms with Crippen molar-refractivity contribution < 1.29 is 0 Å². The molecule has 0 atom stereocenters. The highest BCUT2D eigenvalue weighted by Crippen LogP contribution is 2.00. The van der Waals surface area contributed by atoms with E-state index in [0.717, 1.165) is 11.3 Å². The standard InChI is InChI=1S/C8H8N2/c1-7-4-6-10-5-2-3-8(10)9-7/h2-6H,1H3. The molecule has 2 nitrogen and oxygen atoms in total. The summed E-state index contributed by atoms with van der Waals surface area (Å²) >= 11 is 0. The van der Waals surface area contributed by atoms with Gasteiger partial charge in [0.25, 0.3) is 0 Å². The molecule has 2 aromatic rings. The van der Waals surface area contributed by atoms with Gasteiger partial charge in [-0.3, -0.25) is 0 Å². The van der Waals surface area contributed by atoms with Crippen LogP contribution in [0.5, 0.6) is 0 Å². The van der Waals surface area contributed by atoms with Gasteiger partial charge in [-0.25, -0.2) is 4.98 Å². The van der Waals surface area contributed by atoms with Crippen molar-refractivity contribution in [1.29, 1.82) is 0 Å². The average Bonchev–Trinajstić information content (AvgIpc) is 2.33. The van der Waals surface area contributed by atoms with Gasteiger partial charge in [-0.15, -0.1) is 0 Å². The fourth-order valence-corrected chi connectivity index (χ4v) is 1.01. The Hall–Kier alpha value is -1.31. The van der Waals surface area contributed by atoms with Crippen LogP contribution in [0.1, 0.15) is 5.69 Å². The topological polar surface area (TPSA) is 17.3 Å². The monoisotopic (exact) mass is 132 g/mol. The molecular weight excluding hydrogens is 124 g/mol. The molecule has 2 heteroatoms. The van der Waals surface area contributed by atoms with Crippen LogP contribution >= 0.6 is 0 Å². The van der Waals surface area contributed by atoms with Crippen molar-refractivity contribution in [3.63, 3.8) is 0 Å². The first-order valence-electron chi connectivity index (χ1n) is 3.26. The third kappa shape index (κ3) is 0.692. The maximum absolute atomic E-state index is 4.30. The lowest BCUT2D eigenvalue weighted by Gasteiger charge is -1.93. The molecule has 0 saturated carbocycles. The minimum absolute atomic E-state index is 1.01. The Labute approximate surface area is 59.1 Å². The van der Waals surface area contributed by atoms with E-state index in [1.807, 2.05) is 41.9 Å². The van der Waals surface area contributed by atoms with E-state index >= 15 is 0 Å². The van der Waals surface area contributed by atoms with Crippen LogP contribution in [-0.2, 0) is 0 Å². The van der Waals surface area contributed by atoms with E-state index in [0.29, 0.717) is 0 Å². The number of aromatic nitrogens is 2. The lowest BCUT2D eigenvalue weighted by Crippen LogP contribution is -1.86. The number of nitrogens with zero attached hydrogens (tertiary/aromatic N) is 2. The average molecular weight is 132 g/mol. The lowest BCUT2D eigenvalue weighted by atomic mass is 10.4. The minimum atomic E-state index is 1.01. The first kappa shape index (κ1) is 5.47. The van der Waals surface area contributed by atoms with Crippen LogP contribution < -0.4 is 0 Å². The number of rotatable bonds is 0. The van der Waals surface area contributed by atoms with Crippen LogP contribution in [0.25, 0.3) is 5.65 Å². The Morgan fingerprint density at radius 2 is 2.20 bits per heavy atom. The second kappa shape index (κ2) is 1.84. The van der Waals surface area contributed by atoms with Gasteiger partial charge in [0.15, 0.2) is 0 Å². The van der Waals surface area contributed by atoms with Gasteiger partial charge >= 0.3 is 0 Å². The van der Waals surface area contributed by atoms with E-state index in [1.54, 1.807) is 0 Å². The van der Waals surface area contributed by atoms with Gasteiger partial charge in [0, 0.05) is 18.1 Å². The summed E-state index contributed by atoms with van der Waals surface area (Å²) < 4.78 is 1.99. The normalized spacial score (nSPS) is 10.5. The molecule has 0 unspecified atom stereocenters. The molecule has 0 fully saturated rings. The van der Waals surface area contributed by atoms with Crippen LogP contribution in [0.15, 0.2) is 30.6 Å². The third-order valence-electron chi connectivity index (χ3n) is 1.52. The smallest absolute Gasteiger partial charge is 0.136 e. The summed E-state index contributed by atoms with van der Waals surface area (Å²) in [6.45, 7) is 1.99. The van der Waals surface area contributed by atoms with Crippen LogP contribution in [0.2, 0.25) is 0 Å². The zero-order valence-electron chi connectivity index (χ0n) is 5.78. The predicted octanol–water partition coefficient (Wildman–Crippen LogP) is 1.64. The number of aryl methyl sites for hydroxylation is 1. The van der Waals surface area contributed by atoms with Crippen LogP contribution in [0, 0.1) is 6.92 Å².